The number of hydrogen-bond donors (Lipinski definition) is 4. The number of hydrogen-bond acceptors (Lipinski definition) is 9. The summed E-state index contributed by atoms with van der Waals surface area (Å²) < 4.78 is 6.84. The fraction of sp³-hybridized carbons (Fsp3) is 0.345. The van der Waals surface area contributed by atoms with Gasteiger partial charge in [-0.25, -0.2) is 4.98 Å². The van der Waals surface area contributed by atoms with Crippen molar-refractivity contribution in [1.29, 1.82) is 0 Å². The lowest BCUT2D eigenvalue weighted by Crippen LogP contribution is -2.52. The number of nitrogens with two attached hydrogens (primary N) is 1. The van der Waals surface area contributed by atoms with Crippen LogP contribution >= 0.6 is 11.6 Å². The topological polar surface area (TPSA) is 165 Å². The fourth-order valence-corrected chi connectivity index (χ4v) is 5.75. The van der Waals surface area contributed by atoms with Crippen molar-refractivity contribution in [3.63, 3.8) is 0 Å². The SMILES string of the molecule is NC(=O)[C@]1(C(=O)OC2CC2)C[C@@H](n2cnc3c(NCC(c4ccccc4)c4ccccc4)nc(Cl)nc32)[C@H](O)[C@@H]1O. The Morgan fingerprint density at radius 3 is 2.29 bits per heavy atom. The van der Waals surface area contributed by atoms with E-state index in [1.54, 1.807) is 0 Å². The van der Waals surface area contributed by atoms with Crippen LogP contribution in [0, 0.1) is 5.41 Å². The van der Waals surface area contributed by atoms with Crippen molar-refractivity contribution in [2.75, 3.05) is 11.9 Å². The second-order valence-corrected chi connectivity index (χ2v) is 10.9. The van der Waals surface area contributed by atoms with Gasteiger partial charge in [0.15, 0.2) is 22.4 Å². The smallest absolute Gasteiger partial charge is 0.324 e. The highest BCUT2D eigenvalue weighted by Crippen LogP contribution is 2.47. The molecule has 1 amide bonds. The van der Waals surface area contributed by atoms with Gasteiger partial charge in [0.05, 0.1) is 12.4 Å². The summed E-state index contributed by atoms with van der Waals surface area (Å²) in [4.78, 5) is 38.7. The van der Waals surface area contributed by atoms with Crippen LogP contribution in [0.3, 0.4) is 0 Å². The number of imidazole rings is 1. The van der Waals surface area contributed by atoms with Gasteiger partial charge < -0.3 is 30.6 Å². The number of halogens is 1. The lowest BCUT2D eigenvalue weighted by molar-refractivity contribution is -0.169. The average molecular weight is 577 g/mol. The van der Waals surface area contributed by atoms with Crippen LogP contribution in [-0.2, 0) is 14.3 Å². The molecule has 4 aromatic rings. The van der Waals surface area contributed by atoms with Gasteiger partial charge in [-0.15, -0.1) is 0 Å². The van der Waals surface area contributed by atoms with E-state index >= 15 is 0 Å². The maximum Gasteiger partial charge on any atom is 0.324 e. The number of anilines is 1. The predicted octanol–water partition coefficient (Wildman–Crippen LogP) is 2.57. The highest BCUT2D eigenvalue weighted by atomic mass is 35.5. The first-order valence-corrected chi connectivity index (χ1v) is 13.8. The Labute approximate surface area is 240 Å². The van der Waals surface area contributed by atoms with Crippen molar-refractivity contribution < 1.29 is 24.5 Å². The third-order valence-corrected chi connectivity index (χ3v) is 8.15. The number of ether oxygens (including phenoxy) is 1. The molecule has 2 aliphatic carbocycles. The van der Waals surface area contributed by atoms with E-state index in [0.29, 0.717) is 30.7 Å². The van der Waals surface area contributed by atoms with Crippen molar-refractivity contribution in [3.8, 4) is 0 Å². The normalized spacial score (nSPS) is 24.0. The molecule has 4 atom stereocenters. The molecule has 2 aliphatic rings. The predicted molar refractivity (Wildman–Crippen MR) is 150 cm³/mol. The maximum atomic E-state index is 13.0. The number of amides is 1. The quantitative estimate of drug-likeness (QED) is 0.133. The third-order valence-electron chi connectivity index (χ3n) is 7.98. The summed E-state index contributed by atoms with van der Waals surface area (Å²) in [7, 11) is 0. The third kappa shape index (κ3) is 4.90. The molecule has 0 spiro atoms. The summed E-state index contributed by atoms with van der Waals surface area (Å²) >= 11 is 6.33. The molecule has 5 N–H and O–H groups in total. The first kappa shape index (κ1) is 27.1. The van der Waals surface area contributed by atoms with Crippen LogP contribution in [0.25, 0.3) is 11.2 Å². The van der Waals surface area contributed by atoms with Crippen molar-refractivity contribution >= 4 is 40.5 Å². The van der Waals surface area contributed by atoms with Crippen molar-refractivity contribution in [2.24, 2.45) is 11.1 Å². The summed E-state index contributed by atoms with van der Waals surface area (Å²) in [5.74, 6) is -1.64. The van der Waals surface area contributed by atoms with Gasteiger partial charge in [-0.3, -0.25) is 9.59 Å². The van der Waals surface area contributed by atoms with E-state index in [-0.39, 0.29) is 29.4 Å². The molecule has 41 heavy (non-hydrogen) atoms. The van der Waals surface area contributed by atoms with Crippen LogP contribution in [0.15, 0.2) is 67.0 Å². The Morgan fingerprint density at radius 1 is 1.07 bits per heavy atom. The van der Waals surface area contributed by atoms with Gasteiger partial charge in [-0.2, -0.15) is 9.97 Å². The van der Waals surface area contributed by atoms with Gasteiger partial charge in [-0.05, 0) is 42.0 Å². The number of esters is 1. The zero-order valence-electron chi connectivity index (χ0n) is 21.9. The Morgan fingerprint density at radius 2 is 1.71 bits per heavy atom. The van der Waals surface area contributed by atoms with Gasteiger partial charge in [0.25, 0.3) is 0 Å². The van der Waals surface area contributed by atoms with E-state index in [1.165, 1.54) is 10.9 Å². The van der Waals surface area contributed by atoms with E-state index < -0.39 is 35.5 Å². The van der Waals surface area contributed by atoms with Gasteiger partial charge >= 0.3 is 5.97 Å². The minimum Gasteiger partial charge on any atom is -0.461 e. The molecule has 6 rings (SSSR count). The van der Waals surface area contributed by atoms with Gasteiger partial charge in [0.1, 0.15) is 18.3 Å². The van der Waals surface area contributed by atoms with Crippen LogP contribution < -0.4 is 11.1 Å². The lowest BCUT2D eigenvalue weighted by atomic mass is 9.82. The first-order chi connectivity index (χ1) is 19.8. The van der Waals surface area contributed by atoms with Gasteiger partial charge in [-0.1, -0.05) is 60.7 Å². The minimum absolute atomic E-state index is 0.0104. The number of carbonyl (C=O) groups excluding carboxylic acids is 2. The number of benzene rings is 2. The van der Waals surface area contributed by atoms with Gasteiger partial charge in [0.2, 0.25) is 11.2 Å². The number of carbonyl (C=O) groups is 2. The molecule has 12 heteroatoms. The number of aromatic nitrogens is 4. The molecule has 0 aliphatic heterocycles. The number of rotatable bonds is 9. The number of aliphatic hydroxyl groups excluding tert-OH is 2. The number of nitrogens with one attached hydrogen (secondary N) is 1. The summed E-state index contributed by atoms with van der Waals surface area (Å²) in [5.41, 5.74) is 6.36. The summed E-state index contributed by atoms with van der Waals surface area (Å²) in [6.07, 6.45) is -1.15. The monoisotopic (exact) mass is 576 g/mol. The highest BCUT2D eigenvalue weighted by molar-refractivity contribution is 6.28. The van der Waals surface area contributed by atoms with Crippen molar-refractivity contribution in [3.05, 3.63) is 83.4 Å². The largest absolute Gasteiger partial charge is 0.461 e. The first-order valence-electron chi connectivity index (χ1n) is 13.4. The standard InChI is InChI=1S/C29H29ClN6O5/c30-28-34-24(32-14-19(16-7-3-1-4-8-16)17-9-5-2-6-10-17)21-25(35-28)36(15-33-21)20-13-29(26(31)39,23(38)22(20)37)27(40)41-18-11-12-18/h1-10,15,18-20,22-23,37-38H,11-14H2,(H2,31,39)(H,32,34,35)/t20-,22+,23+,29+/m1/s1. The Balaban J connectivity index is 1.32. The van der Waals surface area contributed by atoms with Crippen LogP contribution in [0.1, 0.15) is 42.3 Å². The molecular formula is C29H29ClN6O5. The molecule has 0 unspecified atom stereocenters. The van der Waals surface area contributed by atoms with Crippen LogP contribution in [-0.4, -0.2) is 66.5 Å². The summed E-state index contributed by atoms with van der Waals surface area (Å²) in [6.45, 7) is 0.464. The molecule has 0 bridgehead atoms. The zero-order valence-corrected chi connectivity index (χ0v) is 22.7. The molecule has 212 valence electrons. The Bertz CT molecular complexity index is 1540. The number of primary amides is 1. The Kier molecular flexibility index (Phi) is 7.10. The van der Waals surface area contributed by atoms with E-state index in [2.05, 4.69) is 44.5 Å². The second kappa shape index (κ2) is 10.7. The summed E-state index contributed by atoms with van der Waals surface area (Å²) in [5, 5.41) is 25.3. The molecule has 2 aromatic heterocycles. The minimum atomic E-state index is -2.11. The molecule has 2 fully saturated rings. The number of fused-ring (bicyclic) bond motifs is 1. The second-order valence-electron chi connectivity index (χ2n) is 10.6. The van der Waals surface area contributed by atoms with E-state index in [0.717, 1.165) is 11.1 Å². The van der Waals surface area contributed by atoms with Crippen LogP contribution in [0.2, 0.25) is 5.28 Å². The van der Waals surface area contributed by atoms with E-state index in [4.69, 9.17) is 22.1 Å². The molecule has 2 heterocycles. The van der Waals surface area contributed by atoms with Crippen molar-refractivity contribution in [1.82, 2.24) is 19.5 Å². The molecule has 11 nitrogen and oxygen atoms in total. The van der Waals surface area contributed by atoms with Crippen molar-refractivity contribution in [2.45, 2.75) is 49.5 Å². The zero-order chi connectivity index (χ0) is 28.7. The van der Waals surface area contributed by atoms with E-state index in [1.807, 2.05) is 36.4 Å². The van der Waals surface area contributed by atoms with Crippen LogP contribution in [0.4, 0.5) is 5.82 Å². The molecule has 0 radical (unpaired) electrons. The van der Waals surface area contributed by atoms with E-state index in [9.17, 15) is 19.8 Å². The molecule has 2 saturated carbocycles. The maximum absolute atomic E-state index is 13.0. The van der Waals surface area contributed by atoms with Gasteiger partial charge in [0, 0.05) is 12.5 Å². The molecule has 0 saturated heterocycles. The Hall–Kier alpha value is -4.06. The fourth-order valence-electron chi connectivity index (χ4n) is 5.58. The summed E-state index contributed by atoms with van der Waals surface area (Å²) in [6, 6.07) is 19.1. The number of aliphatic hydroxyl groups is 2. The molecule has 2 aromatic carbocycles. The number of nitrogens with zero attached hydrogens (tertiary/aromatic N) is 4. The average Bonchev–Trinajstić information content (AvgIpc) is 3.63. The highest BCUT2D eigenvalue weighted by Gasteiger charge is 2.63. The van der Waals surface area contributed by atoms with Crippen LogP contribution in [0.5, 0.6) is 0 Å². The lowest BCUT2D eigenvalue weighted by Gasteiger charge is -2.27. The molecular weight excluding hydrogens is 548 g/mol.